The number of rotatable bonds is 7. The van der Waals surface area contributed by atoms with Gasteiger partial charge in [-0.15, -0.1) is 11.3 Å². The predicted molar refractivity (Wildman–Crippen MR) is 154 cm³/mol. The zero-order valence-electron chi connectivity index (χ0n) is 21.4. The van der Waals surface area contributed by atoms with E-state index in [1.54, 1.807) is 23.6 Å². The van der Waals surface area contributed by atoms with Crippen LogP contribution in [0.4, 0.5) is 0 Å². The van der Waals surface area contributed by atoms with E-state index in [1.807, 2.05) is 54.8 Å². The summed E-state index contributed by atoms with van der Waals surface area (Å²) in [5.41, 5.74) is 8.25. The van der Waals surface area contributed by atoms with Crippen LogP contribution in [0, 0.1) is 5.41 Å². The molecule has 0 aliphatic heterocycles. The summed E-state index contributed by atoms with van der Waals surface area (Å²) < 4.78 is 0. The highest BCUT2D eigenvalue weighted by molar-refractivity contribution is 7.13. The summed E-state index contributed by atoms with van der Waals surface area (Å²) in [5, 5.41) is 13.1. The van der Waals surface area contributed by atoms with Gasteiger partial charge in [0, 0.05) is 23.0 Å². The fraction of sp³-hybridized carbons (Fsp3) is 0.172. The fourth-order valence-corrected chi connectivity index (χ4v) is 4.57. The molecule has 8 heteroatoms. The van der Waals surface area contributed by atoms with Gasteiger partial charge < -0.3 is 10.3 Å². The Hall–Kier alpha value is -4.30. The molecule has 0 bridgehead atoms. The maximum Gasteiger partial charge on any atom is 0.161 e. The van der Waals surface area contributed by atoms with Gasteiger partial charge in [-0.1, -0.05) is 46.1 Å². The lowest BCUT2D eigenvalue weighted by Gasteiger charge is -2.23. The molecule has 0 unspecified atom stereocenters. The molecule has 0 aliphatic carbocycles. The summed E-state index contributed by atoms with van der Waals surface area (Å²) in [7, 11) is 0. The number of imidazole rings is 1. The van der Waals surface area contributed by atoms with Gasteiger partial charge in [0.2, 0.25) is 0 Å². The molecular formula is C29H29N7S. The predicted octanol–water partition coefficient (Wildman–Crippen LogP) is 7.25. The third kappa shape index (κ3) is 4.75. The van der Waals surface area contributed by atoms with Crippen molar-refractivity contribution < 1.29 is 0 Å². The number of aromatic nitrogens is 6. The number of nitrogens with one attached hydrogen (secondary N) is 3. The van der Waals surface area contributed by atoms with E-state index in [0.29, 0.717) is 11.5 Å². The van der Waals surface area contributed by atoms with Crippen molar-refractivity contribution in [3.63, 3.8) is 0 Å². The zero-order chi connectivity index (χ0) is 26.2. The molecule has 0 aliphatic rings. The van der Waals surface area contributed by atoms with E-state index in [0.717, 1.165) is 55.3 Å². The summed E-state index contributed by atoms with van der Waals surface area (Å²) in [6.07, 6.45) is 7.63. The van der Waals surface area contributed by atoms with Crippen LogP contribution in [-0.4, -0.2) is 30.1 Å². The van der Waals surface area contributed by atoms with Gasteiger partial charge in [0.05, 0.1) is 21.6 Å². The normalized spacial score (nSPS) is 12.9. The van der Waals surface area contributed by atoms with Crippen LogP contribution in [0.2, 0.25) is 0 Å². The molecule has 0 spiro atoms. The zero-order valence-corrected chi connectivity index (χ0v) is 22.2. The Balaban J connectivity index is 1.54. The standard InChI is InChI=1S/C29H29N7S/c1-7-18(16-19(8-2)31-17(3)29(4,5)6)20-11-12-22-25(32-20)27(36-35-22)28-33-21-13-14-30-26(24(21)34-28)23-10-9-15-37-23/h7-16,31H,2-3H2,1,4-6H3,(H,33,34)(H,35,36)/b18-7+,19-16+. The van der Waals surface area contributed by atoms with Crippen molar-refractivity contribution >= 4 is 39.0 Å². The third-order valence-electron chi connectivity index (χ3n) is 6.13. The van der Waals surface area contributed by atoms with Crippen LogP contribution in [0.25, 0.3) is 49.7 Å². The minimum Gasteiger partial charge on any atom is -0.359 e. The quantitative estimate of drug-likeness (QED) is 0.202. The van der Waals surface area contributed by atoms with Crippen LogP contribution in [0.15, 0.2) is 84.7 Å². The number of H-pyrrole nitrogens is 2. The molecule has 0 aromatic carbocycles. The molecule has 5 heterocycles. The monoisotopic (exact) mass is 507 g/mol. The molecule has 0 amide bonds. The minimum absolute atomic E-state index is 0.0769. The number of nitrogens with zero attached hydrogens (tertiary/aromatic N) is 4. The molecule has 5 aromatic rings. The van der Waals surface area contributed by atoms with Crippen molar-refractivity contribution in [1.82, 2.24) is 35.5 Å². The number of hydrogen-bond donors (Lipinski definition) is 3. The number of fused-ring (bicyclic) bond motifs is 2. The Morgan fingerprint density at radius 1 is 1.05 bits per heavy atom. The fourth-order valence-electron chi connectivity index (χ4n) is 3.85. The molecule has 0 atom stereocenters. The van der Waals surface area contributed by atoms with E-state index in [4.69, 9.17) is 9.97 Å². The van der Waals surface area contributed by atoms with Gasteiger partial charge in [-0.05, 0) is 54.3 Å². The van der Waals surface area contributed by atoms with Gasteiger partial charge in [0.1, 0.15) is 16.7 Å². The molecule has 37 heavy (non-hydrogen) atoms. The van der Waals surface area contributed by atoms with Crippen molar-refractivity contribution in [2.45, 2.75) is 27.7 Å². The summed E-state index contributed by atoms with van der Waals surface area (Å²) in [5.74, 6) is 0.643. The van der Waals surface area contributed by atoms with E-state index in [-0.39, 0.29) is 5.41 Å². The topological polar surface area (TPSA) is 95.2 Å². The molecule has 0 saturated heterocycles. The van der Waals surface area contributed by atoms with Crippen molar-refractivity contribution in [1.29, 1.82) is 0 Å². The van der Waals surface area contributed by atoms with Crippen LogP contribution >= 0.6 is 11.3 Å². The van der Waals surface area contributed by atoms with E-state index >= 15 is 0 Å². The van der Waals surface area contributed by atoms with Crippen LogP contribution in [0.5, 0.6) is 0 Å². The van der Waals surface area contributed by atoms with Gasteiger partial charge in [-0.2, -0.15) is 5.10 Å². The first-order valence-corrected chi connectivity index (χ1v) is 12.9. The number of pyridine rings is 2. The smallest absolute Gasteiger partial charge is 0.161 e. The Morgan fingerprint density at radius 3 is 2.57 bits per heavy atom. The minimum atomic E-state index is -0.0769. The van der Waals surface area contributed by atoms with Gasteiger partial charge in [0.25, 0.3) is 0 Å². The van der Waals surface area contributed by atoms with Crippen LogP contribution in [-0.2, 0) is 0 Å². The third-order valence-corrected chi connectivity index (χ3v) is 7.00. The van der Waals surface area contributed by atoms with Gasteiger partial charge in [-0.3, -0.25) is 10.1 Å². The molecule has 5 rings (SSSR count). The highest BCUT2D eigenvalue weighted by Gasteiger charge is 2.18. The van der Waals surface area contributed by atoms with E-state index < -0.39 is 0 Å². The molecular weight excluding hydrogens is 478 g/mol. The Kier molecular flexibility index (Phi) is 6.35. The maximum atomic E-state index is 4.98. The molecule has 3 N–H and O–H groups in total. The largest absolute Gasteiger partial charge is 0.359 e. The first kappa shape index (κ1) is 24.4. The number of aromatic amines is 2. The van der Waals surface area contributed by atoms with Crippen molar-refractivity contribution in [2.24, 2.45) is 5.41 Å². The Morgan fingerprint density at radius 2 is 1.86 bits per heavy atom. The Labute approximate surface area is 219 Å². The molecule has 0 fully saturated rings. The van der Waals surface area contributed by atoms with Crippen molar-refractivity contribution in [2.75, 3.05) is 0 Å². The van der Waals surface area contributed by atoms with E-state index in [9.17, 15) is 0 Å². The average molecular weight is 508 g/mol. The first-order valence-electron chi connectivity index (χ1n) is 12.0. The van der Waals surface area contributed by atoms with Crippen molar-refractivity contribution in [3.05, 3.63) is 90.4 Å². The van der Waals surface area contributed by atoms with Crippen molar-refractivity contribution in [3.8, 4) is 22.1 Å². The number of hydrogen-bond acceptors (Lipinski definition) is 6. The van der Waals surface area contributed by atoms with Crippen LogP contribution in [0.3, 0.4) is 0 Å². The molecule has 5 aromatic heterocycles. The molecule has 0 saturated carbocycles. The second-order valence-electron chi connectivity index (χ2n) is 9.68. The molecule has 186 valence electrons. The van der Waals surface area contributed by atoms with Gasteiger partial charge >= 0.3 is 0 Å². The number of thiophene rings is 1. The Bertz CT molecular complexity index is 1670. The maximum absolute atomic E-state index is 4.98. The summed E-state index contributed by atoms with van der Waals surface area (Å²) in [6, 6.07) is 9.96. The van der Waals surface area contributed by atoms with Gasteiger partial charge in [0.15, 0.2) is 11.5 Å². The lowest BCUT2D eigenvalue weighted by atomic mass is 9.92. The lowest BCUT2D eigenvalue weighted by molar-refractivity contribution is 0.478. The second kappa shape index (κ2) is 9.63. The van der Waals surface area contributed by atoms with Crippen LogP contribution < -0.4 is 5.32 Å². The highest BCUT2D eigenvalue weighted by atomic mass is 32.1. The summed E-state index contributed by atoms with van der Waals surface area (Å²) >= 11 is 1.64. The average Bonchev–Trinajstić information content (AvgIpc) is 3.64. The molecule has 7 nitrogen and oxygen atoms in total. The second-order valence-corrected chi connectivity index (χ2v) is 10.6. The summed E-state index contributed by atoms with van der Waals surface area (Å²) in [4.78, 5) is 18.9. The van der Waals surface area contributed by atoms with E-state index in [2.05, 4.69) is 59.4 Å². The number of allylic oxidation sites excluding steroid dienone is 5. The SMILES string of the molecule is C=C/C(=C\C(=C/C)c1ccc2[nH]nc(-c3nc4c(-c5cccs5)nccc4[nH]3)c2n1)NC(=C)C(C)(C)C. The van der Waals surface area contributed by atoms with E-state index in [1.165, 1.54) is 0 Å². The van der Waals surface area contributed by atoms with Crippen LogP contribution in [0.1, 0.15) is 33.4 Å². The van der Waals surface area contributed by atoms with Gasteiger partial charge in [-0.25, -0.2) is 9.97 Å². The molecule has 0 radical (unpaired) electrons. The first-order chi connectivity index (χ1) is 17.8. The summed E-state index contributed by atoms with van der Waals surface area (Å²) in [6.45, 7) is 16.5. The highest BCUT2D eigenvalue weighted by Crippen LogP contribution is 2.32. The lowest BCUT2D eigenvalue weighted by Crippen LogP contribution is -2.22.